The molecule has 1 atom stereocenters. The topological polar surface area (TPSA) is 78.9 Å². The van der Waals surface area contributed by atoms with E-state index in [0.717, 1.165) is 103 Å². The van der Waals surface area contributed by atoms with Crippen molar-refractivity contribution in [3.63, 3.8) is 0 Å². The zero-order valence-corrected chi connectivity index (χ0v) is 52.4. The molecule has 0 aromatic carbocycles. The van der Waals surface area contributed by atoms with Gasteiger partial charge in [-0.05, 0) is 116 Å². The predicted molar refractivity (Wildman–Crippen MR) is 344 cm³/mol. The van der Waals surface area contributed by atoms with Gasteiger partial charge in [0.15, 0.2) is 6.10 Å². The highest BCUT2D eigenvalue weighted by atomic mass is 16.6. The fourth-order valence-electron chi connectivity index (χ4n) is 9.76. The molecule has 0 bridgehead atoms. The summed E-state index contributed by atoms with van der Waals surface area (Å²) < 4.78 is 17.0. The third-order valence-corrected chi connectivity index (χ3v) is 14.9. The van der Waals surface area contributed by atoms with Crippen LogP contribution in [0.25, 0.3) is 0 Å². The molecule has 0 aliphatic heterocycles. The molecule has 0 N–H and O–H groups in total. The van der Waals surface area contributed by atoms with Crippen molar-refractivity contribution in [2.75, 3.05) is 13.2 Å². The molecule has 0 radical (unpaired) electrons. The Morgan fingerprint density at radius 1 is 0.266 bits per heavy atom. The molecule has 0 saturated carbocycles. The summed E-state index contributed by atoms with van der Waals surface area (Å²) in [6.45, 7) is 6.54. The van der Waals surface area contributed by atoms with E-state index >= 15 is 0 Å². The number of ether oxygens (including phenoxy) is 3. The SMILES string of the molecule is CC/C=C\C/C=C\C/C=C\C/C=C\CCCCCCCCCCC(=O)OC(COC(=O)CCCCCCC/C=C\CCCCCCCC)COC(=O)CCCCCCCCCCCCCCC/C=C\C/C=C\CCCCCCC. The van der Waals surface area contributed by atoms with Crippen LogP contribution in [0.5, 0.6) is 0 Å². The van der Waals surface area contributed by atoms with Gasteiger partial charge in [0.1, 0.15) is 13.2 Å². The first kappa shape index (κ1) is 75.6. The number of unbranched alkanes of at least 4 members (excludes halogenated alkanes) is 37. The Hall–Kier alpha value is -3.41. The van der Waals surface area contributed by atoms with Gasteiger partial charge < -0.3 is 14.2 Å². The van der Waals surface area contributed by atoms with Gasteiger partial charge in [0.05, 0.1) is 0 Å². The molecule has 0 aliphatic rings. The number of allylic oxidation sites excluding steroid dienone is 14. The quantitative estimate of drug-likeness (QED) is 0.0261. The van der Waals surface area contributed by atoms with Crippen LogP contribution in [0.4, 0.5) is 0 Å². The summed E-state index contributed by atoms with van der Waals surface area (Å²) in [5, 5.41) is 0. The lowest BCUT2D eigenvalue weighted by Gasteiger charge is -2.18. The van der Waals surface area contributed by atoms with Crippen molar-refractivity contribution in [1.29, 1.82) is 0 Å². The van der Waals surface area contributed by atoms with E-state index in [1.54, 1.807) is 0 Å². The Balaban J connectivity index is 4.34. The molecule has 0 spiro atoms. The third-order valence-electron chi connectivity index (χ3n) is 14.9. The Morgan fingerprint density at radius 2 is 0.494 bits per heavy atom. The molecule has 0 aromatic heterocycles. The first-order valence-corrected chi connectivity index (χ1v) is 34.1. The molecule has 0 saturated heterocycles. The van der Waals surface area contributed by atoms with Crippen LogP contribution in [0, 0.1) is 0 Å². The Labute approximate surface area is 490 Å². The lowest BCUT2D eigenvalue weighted by molar-refractivity contribution is -0.167. The van der Waals surface area contributed by atoms with Gasteiger partial charge >= 0.3 is 17.9 Å². The smallest absolute Gasteiger partial charge is 0.306 e. The van der Waals surface area contributed by atoms with Crippen molar-refractivity contribution in [2.45, 2.75) is 348 Å². The molecule has 0 rings (SSSR count). The van der Waals surface area contributed by atoms with E-state index in [1.165, 1.54) is 199 Å². The van der Waals surface area contributed by atoms with Crippen molar-refractivity contribution in [3.8, 4) is 0 Å². The minimum atomic E-state index is -0.786. The molecule has 0 fully saturated rings. The third kappa shape index (κ3) is 65.3. The van der Waals surface area contributed by atoms with Crippen LogP contribution >= 0.6 is 0 Å². The lowest BCUT2D eigenvalue weighted by Crippen LogP contribution is -2.30. The maximum Gasteiger partial charge on any atom is 0.306 e. The molecule has 6 heteroatoms. The van der Waals surface area contributed by atoms with Gasteiger partial charge in [0, 0.05) is 19.3 Å². The highest BCUT2D eigenvalue weighted by Crippen LogP contribution is 2.17. The van der Waals surface area contributed by atoms with E-state index in [0.29, 0.717) is 19.3 Å². The van der Waals surface area contributed by atoms with Crippen LogP contribution in [0.3, 0.4) is 0 Å². The van der Waals surface area contributed by atoms with Crippen LogP contribution in [0.2, 0.25) is 0 Å². The summed E-state index contributed by atoms with van der Waals surface area (Å²) in [7, 11) is 0. The largest absolute Gasteiger partial charge is 0.462 e. The standard InChI is InChI=1S/C73H128O6/c1-4-7-10-13-16-19-22-25-28-30-32-34-35-36-37-39-40-42-45-48-51-54-57-60-63-66-72(75)78-69-70(68-77-71(74)65-62-59-56-53-50-47-44-27-24-21-18-15-12-9-6-3)79-73(76)67-64-61-58-55-52-49-46-43-41-38-33-31-29-26-23-20-17-14-11-8-5-2/h8,11,17,20,22,25-27,29-30,32-33,38,44,70H,4-7,9-10,12-16,18-19,21,23-24,28,31,34-37,39-43,45-69H2,1-3H3/b11-8-,20-17-,25-22-,29-26-,32-30-,38-33-,44-27-. The lowest BCUT2D eigenvalue weighted by atomic mass is 10.0. The summed E-state index contributed by atoms with van der Waals surface area (Å²) in [5.41, 5.74) is 0. The fourth-order valence-corrected chi connectivity index (χ4v) is 9.76. The molecule has 0 aromatic rings. The number of hydrogen-bond acceptors (Lipinski definition) is 6. The summed E-state index contributed by atoms with van der Waals surface area (Å²) >= 11 is 0. The van der Waals surface area contributed by atoms with E-state index in [4.69, 9.17) is 14.2 Å². The first-order chi connectivity index (χ1) is 39.0. The normalized spacial score (nSPS) is 12.6. The molecule has 0 aliphatic carbocycles. The number of hydrogen-bond donors (Lipinski definition) is 0. The Morgan fingerprint density at radius 3 is 0.785 bits per heavy atom. The summed E-state index contributed by atoms with van der Waals surface area (Å²) in [4.78, 5) is 38.4. The van der Waals surface area contributed by atoms with E-state index < -0.39 is 6.10 Å². The highest BCUT2D eigenvalue weighted by molar-refractivity contribution is 5.71. The van der Waals surface area contributed by atoms with Crippen LogP contribution < -0.4 is 0 Å². The Kier molecular flexibility index (Phi) is 64.2. The molecular formula is C73H128O6. The summed E-state index contributed by atoms with van der Waals surface area (Å²) in [5.74, 6) is -0.883. The maximum absolute atomic E-state index is 12.9. The van der Waals surface area contributed by atoms with Crippen molar-refractivity contribution < 1.29 is 28.6 Å². The van der Waals surface area contributed by atoms with Crippen molar-refractivity contribution >= 4 is 17.9 Å². The van der Waals surface area contributed by atoms with Crippen molar-refractivity contribution in [1.82, 2.24) is 0 Å². The maximum atomic E-state index is 12.9. The van der Waals surface area contributed by atoms with Crippen molar-refractivity contribution in [2.24, 2.45) is 0 Å². The van der Waals surface area contributed by atoms with Gasteiger partial charge in [-0.25, -0.2) is 0 Å². The second kappa shape index (κ2) is 67.1. The van der Waals surface area contributed by atoms with Gasteiger partial charge in [-0.2, -0.15) is 0 Å². The minimum Gasteiger partial charge on any atom is -0.462 e. The van der Waals surface area contributed by atoms with E-state index in [2.05, 4.69) is 106 Å². The second-order valence-electron chi connectivity index (χ2n) is 22.7. The average Bonchev–Trinajstić information content (AvgIpc) is 3.45. The van der Waals surface area contributed by atoms with Crippen molar-refractivity contribution in [3.05, 3.63) is 85.1 Å². The molecule has 456 valence electrons. The van der Waals surface area contributed by atoms with Crippen LogP contribution in [0.15, 0.2) is 85.1 Å². The highest BCUT2D eigenvalue weighted by Gasteiger charge is 2.19. The van der Waals surface area contributed by atoms with Gasteiger partial charge in [0.2, 0.25) is 0 Å². The van der Waals surface area contributed by atoms with E-state index in [1.807, 2.05) is 0 Å². The average molecular weight is 1100 g/mol. The van der Waals surface area contributed by atoms with E-state index in [9.17, 15) is 14.4 Å². The second-order valence-corrected chi connectivity index (χ2v) is 22.7. The minimum absolute atomic E-state index is 0.0810. The number of carbonyl (C=O) groups excluding carboxylic acids is 3. The Bertz CT molecular complexity index is 1500. The number of rotatable bonds is 62. The molecule has 0 amide bonds. The molecule has 79 heavy (non-hydrogen) atoms. The molecular weight excluding hydrogens is 973 g/mol. The van der Waals surface area contributed by atoms with Crippen LogP contribution in [-0.4, -0.2) is 37.2 Å². The zero-order valence-electron chi connectivity index (χ0n) is 52.4. The van der Waals surface area contributed by atoms with Crippen LogP contribution in [-0.2, 0) is 28.6 Å². The summed E-state index contributed by atoms with van der Waals surface area (Å²) in [6, 6.07) is 0. The van der Waals surface area contributed by atoms with Crippen LogP contribution in [0.1, 0.15) is 342 Å². The zero-order chi connectivity index (χ0) is 57.1. The van der Waals surface area contributed by atoms with Gasteiger partial charge in [-0.3, -0.25) is 14.4 Å². The fraction of sp³-hybridized carbons (Fsp3) is 0.767. The molecule has 0 heterocycles. The van der Waals surface area contributed by atoms with E-state index in [-0.39, 0.29) is 31.1 Å². The number of esters is 3. The van der Waals surface area contributed by atoms with Gasteiger partial charge in [-0.15, -0.1) is 0 Å². The molecule has 1 unspecified atom stereocenters. The van der Waals surface area contributed by atoms with Gasteiger partial charge in [-0.1, -0.05) is 292 Å². The first-order valence-electron chi connectivity index (χ1n) is 34.1. The van der Waals surface area contributed by atoms with Gasteiger partial charge in [0.25, 0.3) is 0 Å². The number of carbonyl (C=O) groups is 3. The molecule has 6 nitrogen and oxygen atoms in total. The predicted octanol–water partition coefficient (Wildman–Crippen LogP) is 23.4. The summed E-state index contributed by atoms with van der Waals surface area (Å²) in [6.07, 6.45) is 88.8. The monoisotopic (exact) mass is 1100 g/mol.